The van der Waals surface area contributed by atoms with Crippen LogP contribution in [0, 0.1) is 17.1 Å². The molecule has 1 aliphatic heterocycles. The maximum Gasteiger partial charge on any atom is 0.416 e. The molecule has 1 aliphatic rings. The number of hydrazine groups is 1. The van der Waals surface area contributed by atoms with E-state index >= 15 is 0 Å². The Hall–Kier alpha value is -1.32. The Bertz CT molecular complexity index is 759. The number of aliphatic hydroxyl groups is 1. The van der Waals surface area contributed by atoms with Crippen LogP contribution >= 0.6 is 35.1 Å². The first kappa shape index (κ1) is 21.0. The number of alkyl halides is 5. The Morgan fingerprint density at radius 3 is 2.35 bits per heavy atom. The zero-order valence-electron chi connectivity index (χ0n) is 12.2. The summed E-state index contributed by atoms with van der Waals surface area (Å²) in [7, 11) is 0. The predicted molar refractivity (Wildman–Crippen MR) is 83.7 cm³/mol. The number of benzene rings is 1. The molecule has 0 bridgehead atoms. The lowest BCUT2D eigenvalue weighted by Gasteiger charge is -2.32. The molecule has 0 aromatic heterocycles. The number of nitriles is 1. The van der Waals surface area contributed by atoms with Crippen molar-refractivity contribution in [2.75, 3.05) is 11.6 Å². The van der Waals surface area contributed by atoms with Crippen molar-refractivity contribution in [2.45, 2.75) is 18.0 Å². The molecule has 0 amide bonds. The van der Waals surface area contributed by atoms with Gasteiger partial charge in [0.25, 0.3) is 5.76 Å². The maximum absolute atomic E-state index is 14.4. The van der Waals surface area contributed by atoms with E-state index in [0.717, 1.165) is 0 Å². The topological polar surface area (TPSA) is 50.5 Å². The Morgan fingerprint density at radius 1 is 1.31 bits per heavy atom. The van der Waals surface area contributed by atoms with E-state index in [9.17, 15) is 31.4 Å². The van der Waals surface area contributed by atoms with Crippen molar-refractivity contribution in [3.8, 4) is 6.07 Å². The van der Waals surface area contributed by atoms with Crippen molar-refractivity contribution in [3.05, 3.63) is 39.3 Å². The Labute approximate surface area is 157 Å². The van der Waals surface area contributed by atoms with Gasteiger partial charge in [-0.05, 0) is 12.1 Å². The van der Waals surface area contributed by atoms with E-state index in [1.54, 1.807) is 6.07 Å². The maximum atomic E-state index is 14.4. The number of anilines is 1. The molecule has 1 heterocycles. The van der Waals surface area contributed by atoms with E-state index < -0.39 is 51.7 Å². The summed E-state index contributed by atoms with van der Waals surface area (Å²) in [6.45, 7) is -0.909. The fourth-order valence-corrected chi connectivity index (χ4v) is 3.53. The van der Waals surface area contributed by atoms with Gasteiger partial charge in [0, 0.05) is 11.9 Å². The molecule has 1 aromatic carbocycles. The van der Waals surface area contributed by atoms with Crippen LogP contribution in [0.1, 0.15) is 5.56 Å². The lowest BCUT2D eigenvalue weighted by atomic mass is 10.1. The van der Waals surface area contributed by atoms with Crippen molar-refractivity contribution in [1.29, 1.82) is 5.26 Å². The first-order valence-electron chi connectivity index (χ1n) is 6.52. The van der Waals surface area contributed by atoms with Crippen molar-refractivity contribution in [3.63, 3.8) is 0 Å². The van der Waals surface area contributed by atoms with Gasteiger partial charge in [0.2, 0.25) is 0 Å². The first-order chi connectivity index (χ1) is 12.0. The molecule has 1 N–H and O–H groups in total. The summed E-state index contributed by atoms with van der Waals surface area (Å²) in [6, 6.07) is 0.576. The molecule has 1 unspecified atom stereocenters. The molecule has 26 heavy (non-hydrogen) atoms. The van der Waals surface area contributed by atoms with Crippen LogP contribution in [0.5, 0.6) is 0 Å². The molecule has 13 heteroatoms. The average molecular weight is 438 g/mol. The van der Waals surface area contributed by atoms with Gasteiger partial charge in [-0.1, -0.05) is 23.2 Å². The average Bonchev–Trinajstić information content (AvgIpc) is 2.76. The summed E-state index contributed by atoms with van der Waals surface area (Å²) < 4.78 is 78.9. The molecule has 0 aliphatic carbocycles. The lowest BCUT2D eigenvalue weighted by molar-refractivity contribution is -0.137. The molecule has 0 saturated heterocycles. The predicted octanol–water partition coefficient (Wildman–Crippen LogP) is 4.74. The molecule has 0 radical (unpaired) electrons. The van der Waals surface area contributed by atoms with Gasteiger partial charge >= 0.3 is 6.18 Å². The molecular weight excluding hydrogens is 431 g/mol. The van der Waals surface area contributed by atoms with Gasteiger partial charge in [-0.2, -0.15) is 27.2 Å². The van der Waals surface area contributed by atoms with Gasteiger partial charge in [-0.15, -0.1) is 4.41 Å². The molecule has 1 aromatic rings. The molecule has 0 fully saturated rings. The van der Waals surface area contributed by atoms with Gasteiger partial charge in [0.05, 0.1) is 34.0 Å². The van der Waals surface area contributed by atoms with E-state index in [2.05, 4.69) is 0 Å². The van der Waals surface area contributed by atoms with Gasteiger partial charge in [-0.3, -0.25) is 5.01 Å². The minimum Gasteiger partial charge on any atom is -0.390 e. The third-order valence-electron chi connectivity index (χ3n) is 3.21. The number of nitrogens with zero attached hydrogens (tertiary/aromatic N) is 3. The van der Waals surface area contributed by atoms with Crippen LogP contribution in [-0.4, -0.2) is 27.9 Å². The fraction of sp³-hybridized carbons (Fsp3) is 0.308. The standard InChI is InChI=1S/C13H7Cl2F6N3OS/c14-6-1-5(13(19,20)21)2-7(16)11(6)23-9(4-25)10(15)8(3-22)24(23)26-12(17)18/h1-2,8,12,25H,4H2. The van der Waals surface area contributed by atoms with Crippen LogP contribution in [0.3, 0.4) is 0 Å². The van der Waals surface area contributed by atoms with Crippen molar-refractivity contribution < 1.29 is 31.4 Å². The van der Waals surface area contributed by atoms with Gasteiger partial charge < -0.3 is 5.11 Å². The highest BCUT2D eigenvalue weighted by Crippen LogP contribution is 2.46. The number of halogens is 8. The Morgan fingerprint density at radius 2 is 1.92 bits per heavy atom. The summed E-state index contributed by atoms with van der Waals surface area (Å²) >= 11 is 11.4. The zero-order valence-corrected chi connectivity index (χ0v) is 14.6. The van der Waals surface area contributed by atoms with Crippen LogP contribution < -0.4 is 5.01 Å². The van der Waals surface area contributed by atoms with Crippen LogP contribution in [0.25, 0.3) is 0 Å². The van der Waals surface area contributed by atoms with Gasteiger partial charge in [-0.25, -0.2) is 4.39 Å². The van der Waals surface area contributed by atoms with Crippen molar-refractivity contribution >= 4 is 40.8 Å². The summed E-state index contributed by atoms with van der Waals surface area (Å²) in [5.74, 6) is -4.58. The molecule has 0 saturated carbocycles. The third kappa shape index (κ3) is 3.84. The second-order valence-electron chi connectivity index (χ2n) is 4.75. The molecule has 0 spiro atoms. The Kier molecular flexibility index (Phi) is 6.24. The fourth-order valence-electron chi connectivity index (χ4n) is 2.19. The van der Waals surface area contributed by atoms with Gasteiger partial charge in [0.1, 0.15) is 11.5 Å². The highest BCUT2D eigenvalue weighted by molar-refractivity contribution is 7.97. The van der Waals surface area contributed by atoms with E-state index in [0.29, 0.717) is 15.5 Å². The third-order valence-corrected chi connectivity index (χ3v) is 4.67. The minimum absolute atomic E-state index is 0.120. The van der Waals surface area contributed by atoms with Gasteiger partial charge in [0.15, 0.2) is 6.04 Å². The largest absolute Gasteiger partial charge is 0.416 e. The van der Waals surface area contributed by atoms with Crippen LogP contribution in [-0.2, 0) is 6.18 Å². The van der Waals surface area contributed by atoms with Crippen molar-refractivity contribution in [1.82, 2.24) is 4.41 Å². The zero-order chi connectivity index (χ0) is 19.8. The smallest absolute Gasteiger partial charge is 0.390 e. The quantitative estimate of drug-likeness (QED) is 0.544. The Balaban J connectivity index is 2.65. The van der Waals surface area contributed by atoms with Crippen molar-refractivity contribution in [2.24, 2.45) is 0 Å². The molecule has 1 atom stereocenters. The van der Waals surface area contributed by atoms with E-state index in [1.165, 1.54) is 0 Å². The molecule has 142 valence electrons. The van der Waals surface area contributed by atoms with Crippen LogP contribution in [0.2, 0.25) is 5.02 Å². The summed E-state index contributed by atoms with van der Waals surface area (Å²) in [5.41, 5.74) is -2.52. The summed E-state index contributed by atoms with van der Waals surface area (Å²) in [5, 5.41) is 18.0. The lowest BCUT2D eigenvalue weighted by Crippen LogP contribution is -2.39. The number of rotatable bonds is 4. The highest BCUT2D eigenvalue weighted by atomic mass is 35.5. The minimum atomic E-state index is -4.89. The summed E-state index contributed by atoms with van der Waals surface area (Å²) in [4.78, 5) is 0. The molecule has 2 rings (SSSR count). The first-order valence-corrected chi connectivity index (χ1v) is 8.11. The SMILES string of the molecule is N#CC1C(Cl)=C(CO)N(c2c(F)cc(C(F)(F)F)cc2Cl)N1SC(F)F. The molecule has 4 nitrogen and oxygen atoms in total. The number of hydrogen-bond acceptors (Lipinski definition) is 5. The van der Waals surface area contributed by atoms with E-state index in [1.807, 2.05) is 0 Å². The molecular formula is C13H7Cl2F6N3OS. The van der Waals surface area contributed by atoms with Crippen LogP contribution in [0.15, 0.2) is 22.9 Å². The number of aliphatic hydroxyl groups excluding tert-OH is 1. The second kappa shape index (κ2) is 7.74. The van der Waals surface area contributed by atoms with Crippen LogP contribution in [0.4, 0.5) is 32.0 Å². The monoisotopic (exact) mass is 437 g/mol. The second-order valence-corrected chi connectivity index (χ2v) is 6.51. The highest BCUT2D eigenvalue weighted by Gasteiger charge is 2.43. The van der Waals surface area contributed by atoms with E-state index in [-0.39, 0.29) is 23.7 Å². The summed E-state index contributed by atoms with van der Waals surface area (Å²) in [6.07, 6.45) is -4.89. The van der Waals surface area contributed by atoms with E-state index in [4.69, 9.17) is 28.5 Å². The number of hydrogen-bond donors (Lipinski definition) is 1. The normalized spacial score (nSPS) is 18.8.